The molecule has 0 nitrogen and oxygen atoms in total. The Labute approximate surface area is 432 Å². The van der Waals surface area contributed by atoms with Crippen molar-refractivity contribution in [2.75, 3.05) is 0 Å². The van der Waals surface area contributed by atoms with Crippen molar-refractivity contribution in [3.8, 4) is 44.5 Å². The summed E-state index contributed by atoms with van der Waals surface area (Å²) >= 11 is 0. The zero-order valence-electron chi connectivity index (χ0n) is 46.5. The molecule has 0 heteroatoms. The minimum atomic E-state index is -0.0795. The Morgan fingerprint density at radius 3 is 1.06 bits per heavy atom. The van der Waals surface area contributed by atoms with E-state index in [4.69, 9.17) is 0 Å². The first kappa shape index (κ1) is 48.3. The molecule has 0 aromatic heterocycles. The predicted molar refractivity (Wildman–Crippen MR) is 315 cm³/mol. The van der Waals surface area contributed by atoms with Gasteiger partial charge in [-0.3, -0.25) is 0 Å². The van der Waals surface area contributed by atoms with Gasteiger partial charge in [0.05, 0.1) is 0 Å². The smallest absolute Gasteiger partial charge is 0.000995 e. The van der Waals surface area contributed by atoms with E-state index in [0.717, 1.165) is 25.7 Å². The molecule has 0 fully saturated rings. The van der Waals surface area contributed by atoms with Crippen LogP contribution in [0.5, 0.6) is 0 Å². The van der Waals surface area contributed by atoms with Gasteiger partial charge in [0.2, 0.25) is 0 Å². The van der Waals surface area contributed by atoms with E-state index in [-0.39, 0.29) is 32.5 Å². The van der Waals surface area contributed by atoms with Gasteiger partial charge in [-0.15, -0.1) is 0 Å². The van der Waals surface area contributed by atoms with E-state index in [1.54, 1.807) is 0 Å². The van der Waals surface area contributed by atoms with Crippen LogP contribution in [0.15, 0.2) is 133 Å². The van der Waals surface area contributed by atoms with Crippen molar-refractivity contribution in [1.82, 2.24) is 0 Å². The van der Waals surface area contributed by atoms with Crippen molar-refractivity contribution in [1.29, 1.82) is 0 Å². The molecular weight excluding hydrogens is 865 g/mol. The first-order valence-electron chi connectivity index (χ1n) is 27.1. The summed E-state index contributed by atoms with van der Waals surface area (Å²) in [5.41, 5.74) is 23.2. The molecule has 0 spiro atoms. The van der Waals surface area contributed by atoms with Gasteiger partial charge in [-0.05, 0) is 196 Å². The Bertz CT molecular complexity index is 3430. The molecule has 0 saturated carbocycles. The third-order valence-electron chi connectivity index (χ3n) is 16.6. The van der Waals surface area contributed by atoms with E-state index in [1.807, 2.05) is 0 Å². The van der Waals surface area contributed by atoms with Gasteiger partial charge < -0.3 is 0 Å². The molecule has 0 amide bonds. The Morgan fingerprint density at radius 1 is 0.347 bits per heavy atom. The van der Waals surface area contributed by atoms with E-state index < -0.39 is 0 Å². The van der Waals surface area contributed by atoms with Crippen molar-refractivity contribution >= 4 is 43.1 Å². The van der Waals surface area contributed by atoms with E-state index in [2.05, 4.69) is 244 Å². The summed E-state index contributed by atoms with van der Waals surface area (Å²) < 4.78 is 0. The first-order chi connectivity index (χ1) is 33.7. The lowest BCUT2D eigenvalue weighted by atomic mass is 9.72. The van der Waals surface area contributed by atoms with Crippen molar-refractivity contribution in [3.05, 3.63) is 178 Å². The van der Waals surface area contributed by atoms with Gasteiger partial charge in [0, 0.05) is 0 Å². The number of hydrogen-bond donors (Lipinski definition) is 0. The minimum Gasteiger partial charge on any atom is -0.0616 e. The molecule has 0 heterocycles. The maximum atomic E-state index is 2.68. The Morgan fingerprint density at radius 2 is 0.708 bits per heavy atom. The highest BCUT2D eigenvalue weighted by molar-refractivity contribution is 6.22. The summed E-state index contributed by atoms with van der Waals surface area (Å²) in [6, 6.07) is 52.9. The van der Waals surface area contributed by atoms with Crippen LogP contribution in [0.25, 0.3) is 87.6 Å². The van der Waals surface area contributed by atoms with Gasteiger partial charge in [0.15, 0.2) is 0 Å². The normalized spacial score (nSPS) is 14.1. The van der Waals surface area contributed by atoms with Crippen LogP contribution in [0.4, 0.5) is 0 Å². The standard InChI is InChI=1S/C72H78/c1-67(2,3)41-71(13,14)49-31-25-45(26-32-49)59-61-51-23-19-17-21-43(51)29-35-53(61)65(69(7,8)9)57-38-47-37-48-39-58-64(56(48)40-55(47)63(57)59)60(46-27-33-50(34-28-46)72(15,16)42-68(4,5)6)62-52-24-20-18-22-44(52)30-36-54(62)66(58)70(10,11)12/h17-37,40H,38-39,41-42H2,1-16H3. The fourth-order valence-corrected chi connectivity index (χ4v) is 14.7. The highest BCUT2D eigenvalue weighted by atomic mass is 14.4. The predicted octanol–water partition coefficient (Wildman–Crippen LogP) is 20.8. The Hall–Kier alpha value is -5.98. The summed E-state index contributed by atoms with van der Waals surface area (Å²) in [5.74, 6) is 0. The number of benzene rings is 9. The summed E-state index contributed by atoms with van der Waals surface area (Å²) in [6.07, 6.45) is 4.10. The summed E-state index contributed by atoms with van der Waals surface area (Å²) in [7, 11) is 0. The molecule has 2 aliphatic carbocycles. The fraction of sp³-hybridized carbons (Fsp3) is 0.361. The van der Waals surface area contributed by atoms with Gasteiger partial charge in [0.1, 0.15) is 0 Å². The lowest BCUT2D eigenvalue weighted by Gasteiger charge is -2.33. The molecule has 2 aliphatic rings. The molecule has 0 saturated heterocycles. The van der Waals surface area contributed by atoms with Gasteiger partial charge in [-0.2, -0.15) is 0 Å². The second-order valence-electron chi connectivity index (χ2n) is 28.0. The molecule has 11 rings (SSSR count). The second-order valence-corrected chi connectivity index (χ2v) is 28.0. The molecular formula is C72H78. The topological polar surface area (TPSA) is 0 Å². The van der Waals surface area contributed by atoms with Crippen LogP contribution < -0.4 is 0 Å². The van der Waals surface area contributed by atoms with Crippen LogP contribution >= 0.6 is 0 Å². The van der Waals surface area contributed by atoms with E-state index in [9.17, 15) is 0 Å². The van der Waals surface area contributed by atoms with Crippen LogP contribution in [0.1, 0.15) is 168 Å². The van der Waals surface area contributed by atoms with Crippen LogP contribution in [-0.2, 0) is 34.5 Å². The number of fused-ring (bicyclic) bond motifs is 12. The van der Waals surface area contributed by atoms with Gasteiger partial charge in [0.25, 0.3) is 0 Å². The molecule has 0 atom stereocenters. The molecule has 9 aromatic carbocycles. The monoisotopic (exact) mass is 943 g/mol. The largest absolute Gasteiger partial charge is 0.0616 e. The van der Waals surface area contributed by atoms with Gasteiger partial charge >= 0.3 is 0 Å². The number of hydrogen-bond acceptors (Lipinski definition) is 0. The third-order valence-corrected chi connectivity index (χ3v) is 16.6. The van der Waals surface area contributed by atoms with Crippen molar-refractivity contribution < 1.29 is 0 Å². The molecule has 0 radical (unpaired) electrons. The highest BCUT2D eigenvalue weighted by Gasteiger charge is 2.38. The van der Waals surface area contributed by atoms with Crippen LogP contribution in [-0.4, -0.2) is 0 Å². The zero-order chi connectivity index (χ0) is 51.2. The maximum Gasteiger partial charge on any atom is -0.000995 e. The SMILES string of the molecule is CC(C)(C)CC(C)(C)c1ccc(-c2c3c(c(C(C)(C)C)c4ccc5ccccc5c24)Cc2cc4c(cc2-3)-c2c(c(C(C)(C)C)c3ccc5ccccc5c3c2-c2ccc(C(C)(C)CC(C)(C)C)cc2)C4)cc1. The van der Waals surface area contributed by atoms with E-state index in [1.165, 1.54) is 132 Å². The Balaban J connectivity index is 1.24. The molecule has 72 heavy (non-hydrogen) atoms. The van der Waals surface area contributed by atoms with Crippen molar-refractivity contribution in [3.63, 3.8) is 0 Å². The average Bonchev–Trinajstić information content (AvgIpc) is 3.83. The average molecular weight is 943 g/mol. The van der Waals surface area contributed by atoms with Crippen LogP contribution in [0, 0.1) is 10.8 Å². The lowest BCUT2D eigenvalue weighted by Crippen LogP contribution is -2.24. The first-order valence-corrected chi connectivity index (χ1v) is 27.1. The van der Waals surface area contributed by atoms with Crippen molar-refractivity contribution in [2.45, 2.75) is 158 Å². The van der Waals surface area contributed by atoms with Crippen molar-refractivity contribution in [2.24, 2.45) is 10.8 Å². The zero-order valence-corrected chi connectivity index (χ0v) is 46.5. The highest BCUT2D eigenvalue weighted by Crippen LogP contribution is 2.58. The van der Waals surface area contributed by atoms with E-state index in [0.29, 0.717) is 0 Å². The molecule has 0 unspecified atom stereocenters. The molecule has 0 bridgehead atoms. The van der Waals surface area contributed by atoms with Crippen LogP contribution in [0.2, 0.25) is 0 Å². The van der Waals surface area contributed by atoms with Crippen LogP contribution in [0.3, 0.4) is 0 Å². The summed E-state index contributed by atoms with van der Waals surface area (Å²) in [5, 5.41) is 10.8. The molecule has 9 aromatic rings. The minimum absolute atomic E-state index is 0.0478. The molecule has 366 valence electrons. The quantitative estimate of drug-likeness (QED) is 0.146. The van der Waals surface area contributed by atoms with Gasteiger partial charge in [-0.25, -0.2) is 0 Å². The molecule has 0 N–H and O–H groups in total. The summed E-state index contributed by atoms with van der Waals surface area (Å²) in [4.78, 5) is 0. The Kier molecular flexibility index (Phi) is 10.9. The van der Waals surface area contributed by atoms with E-state index >= 15 is 0 Å². The summed E-state index contributed by atoms with van der Waals surface area (Å²) in [6.45, 7) is 38.6. The fourth-order valence-electron chi connectivity index (χ4n) is 14.7. The van der Waals surface area contributed by atoms with Gasteiger partial charge in [-0.1, -0.05) is 238 Å². The number of rotatable bonds is 6. The second kappa shape index (κ2) is 16.3. The maximum absolute atomic E-state index is 2.68. The molecule has 0 aliphatic heterocycles. The third kappa shape index (κ3) is 8.02. The lowest BCUT2D eigenvalue weighted by molar-refractivity contribution is 0.283.